The number of hydrogen-bond acceptors (Lipinski definition) is 3. The molecule has 2 unspecified atom stereocenters. The molecule has 1 amide bonds. The molecule has 2 atom stereocenters. The maximum Gasteiger partial charge on any atom is 0.237 e. The van der Waals surface area contributed by atoms with E-state index in [9.17, 15) is 4.79 Å². The van der Waals surface area contributed by atoms with E-state index in [1.165, 1.54) is 25.7 Å². The number of amides is 1. The van der Waals surface area contributed by atoms with Crippen molar-refractivity contribution < 1.29 is 4.79 Å². The zero-order valence-electron chi connectivity index (χ0n) is 12.6. The Balaban J connectivity index is 1.76. The summed E-state index contributed by atoms with van der Waals surface area (Å²) in [5.41, 5.74) is 0. The third kappa shape index (κ3) is 4.77. The number of rotatable bonds is 6. The molecule has 4 nitrogen and oxygen atoms in total. The quantitative estimate of drug-likeness (QED) is 0.764. The molecule has 2 aliphatic rings. The van der Waals surface area contributed by atoms with Gasteiger partial charge in [0.25, 0.3) is 0 Å². The highest BCUT2D eigenvalue weighted by Gasteiger charge is 2.29. The van der Waals surface area contributed by atoms with E-state index in [4.69, 9.17) is 0 Å². The molecule has 2 rings (SSSR count). The summed E-state index contributed by atoms with van der Waals surface area (Å²) in [6.07, 6.45) is 5.22. The van der Waals surface area contributed by atoms with Crippen molar-refractivity contribution in [2.45, 2.75) is 64.6 Å². The first-order valence-electron chi connectivity index (χ1n) is 7.84. The molecule has 0 aromatic heterocycles. The molecule has 4 heteroatoms. The third-order valence-electron chi connectivity index (χ3n) is 4.18. The van der Waals surface area contributed by atoms with E-state index in [2.05, 4.69) is 15.5 Å². The number of nitrogens with zero attached hydrogens (tertiary/aromatic N) is 1. The van der Waals surface area contributed by atoms with E-state index < -0.39 is 0 Å². The molecule has 1 saturated heterocycles. The molecule has 0 aromatic carbocycles. The lowest BCUT2D eigenvalue weighted by atomic mass is 9.96. The van der Waals surface area contributed by atoms with Crippen LogP contribution in [0.2, 0.25) is 0 Å². The van der Waals surface area contributed by atoms with Crippen LogP contribution >= 0.6 is 0 Å². The second-order valence-electron chi connectivity index (χ2n) is 6.52. The average molecular weight is 267 g/mol. The Morgan fingerprint density at radius 1 is 1.26 bits per heavy atom. The summed E-state index contributed by atoms with van der Waals surface area (Å²) in [6, 6.07) is 1.02. The van der Waals surface area contributed by atoms with Crippen LogP contribution in [-0.4, -0.2) is 48.6 Å². The summed E-state index contributed by atoms with van der Waals surface area (Å²) in [5, 5.41) is 6.64. The molecular weight excluding hydrogens is 238 g/mol. The molecule has 110 valence electrons. The minimum atomic E-state index is 0.00567. The van der Waals surface area contributed by atoms with Crippen molar-refractivity contribution in [3.63, 3.8) is 0 Å². The van der Waals surface area contributed by atoms with Gasteiger partial charge in [0.15, 0.2) is 0 Å². The molecule has 0 aromatic rings. The Morgan fingerprint density at radius 2 is 2.00 bits per heavy atom. The Bertz CT molecular complexity index is 302. The Morgan fingerprint density at radius 3 is 2.63 bits per heavy atom. The van der Waals surface area contributed by atoms with Gasteiger partial charge in [0.2, 0.25) is 5.91 Å². The summed E-state index contributed by atoms with van der Waals surface area (Å²) in [5.74, 6) is 0.884. The van der Waals surface area contributed by atoms with Gasteiger partial charge in [0.1, 0.15) is 0 Å². The van der Waals surface area contributed by atoms with E-state index in [0.29, 0.717) is 5.92 Å². The normalized spacial score (nSPS) is 26.4. The number of hydrogen-bond donors (Lipinski definition) is 2. The summed E-state index contributed by atoms with van der Waals surface area (Å²) in [4.78, 5) is 14.4. The predicted octanol–water partition coefficient (Wildman–Crippen LogP) is 1.36. The number of likely N-dealkylation sites (tertiary alicyclic amines) is 1. The van der Waals surface area contributed by atoms with E-state index >= 15 is 0 Å². The fraction of sp³-hybridized carbons (Fsp3) is 0.933. The van der Waals surface area contributed by atoms with Crippen molar-refractivity contribution in [1.29, 1.82) is 0 Å². The number of carbonyl (C=O) groups is 1. The molecule has 1 heterocycles. The minimum absolute atomic E-state index is 0.00567. The lowest BCUT2D eigenvalue weighted by Crippen LogP contribution is -2.51. The van der Waals surface area contributed by atoms with Crippen molar-refractivity contribution in [3.8, 4) is 0 Å². The molecule has 1 aliphatic carbocycles. The standard InChI is InChI=1S/C15H29N3O/c1-11(2)17-15(19)12(3)18-8-4-5-13(10-18)9-16-14-6-7-14/h11-14,16H,4-10H2,1-3H3,(H,17,19). The lowest BCUT2D eigenvalue weighted by molar-refractivity contribution is -0.127. The van der Waals surface area contributed by atoms with Crippen LogP contribution < -0.4 is 10.6 Å². The largest absolute Gasteiger partial charge is 0.353 e. The SMILES string of the molecule is CC(C)NC(=O)C(C)N1CCCC(CNC2CC2)C1. The highest BCUT2D eigenvalue weighted by Crippen LogP contribution is 2.22. The monoisotopic (exact) mass is 267 g/mol. The Hall–Kier alpha value is -0.610. The zero-order valence-corrected chi connectivity index (χ0v) is 12.6. The molecule has 19 heavy (non-hydrogen) atoms. The molecule has 2 N–H and O–H groups in total. The first kappa shape index (κ1) is 14.8. The average Bonchev–Trinajstić information content (AvgIpc) is 3.19. The van der Waals surface area contributed by atoms with Gasteiger partial charge in [-0.3, -0.25) is 9.69 Å². The summed E-state index contributed by atoms with van der Waals surface area (Å²) in [6.45, 7) is 9.32. The smallest absolute Gasteiger partial charge is 0.237 e. The van der Waals surface area contributed by atoms with Crippen LogP contribution in [0, 0.1) is 5.92 Å². The molecule has 0 spiro atoms. The summed E-state index contributed by atoms with van der Waals surface area (Å²) < 4.78 is 0. The van der Waals surface area contributed by atoms with Crippen molar-refractivity contribution in [3.05, 3.63) is 0 Å². The van der Waals surface area contributed by atoms with Gasteiger partial charge in [-0.1, -0.05) is 0 Å². The van der Waals surface area contributed by atoms with Gasteiger partial charge in [-0.05, 0) is 65.5 Å². The van der Waals surface area contributed by atoms with Gasteiger partial charge in [0, 0.05) is 18.6 Å². The zero-order chi connectivity index (χ0) is 13.8. The predicted molar refractivity (Wildman–Crippen MR) is 78.1 cm³/mol. The van der Waals surface area contributed by atoms with Crippen molar-refractivity contribution >= 4 is 5.91 Å². The van der Waals surface area contributed by atoms with Crippen LogP contribution in [0.25, 0.3) is 0 Å². The number of nitrogens with one attached hydrogen (secondary N) is 2. The van der Waals surface area contributed by atoms with Crippen LogP contribution in [0.15, 0.2) is 0 Å². The van der Waals surface area contributed by atoms with E-state index in [1.54, 1.807) is 0 Å². The molecular formula is C15H29N3O. The van der Waals surface area contributed by atoms with Gasteiger partial charge in [-0.15, -0.1) is 0 Å². The van der Waals surface area contributed by atoms with Gasteiger partial charge in [0.05, 0.1) is 6.04 Å². The van der Waals surface area contributed by atoms with Crippen molar-refractivity contribution in [2.75, 3.05) is 19.6 Å². The van der Waals surface area contributed by atoms with Gasteiger partial charge in [-0.2, -0.15) is 0 Å². The molecule has 1 saturated carbocycles. The second kappa shape index (κ2) is 6.71. The Kier molecular flexibility index (Phi) is 5.22. The van der Waals surface area contributed by atoms with Gasteiger partial charge in [-0.25, -0.2) is 0 Å². The molecule has 2 fully saturated rings. The topological polar surface area (TPSA) is 44.4 Å². The summed E-state index contributed by atoms with van der Waals surface area (Å²) >= 11 is 0. The van der Waals surface area contributed by atoms with Crippen molar-refractivity contribution in [2.24, 2.45) is 5.92 Å². The first-order valence-corrected chi connectivity index (χ1v) is 7.84. The fourth-order valence-corrected chi connectivity index (χ4v) is 2.81. The highest BCUT2D eigenvalue weighted by molar-refractivity contribution is 5.81. The molecule has 1 aliphatic heterocycles. The van der Waals surface area contributed by atoms with Crippen LogP contribution in [0.5, 0.6) is 0 Å². The van der Waals surface area contributed by atoms with E-state index in [0.717, 1.165) is 25.7 Å². The first-order chi connectivity index (χ1) is 9.06. The second-order valence-corrected chi connectivity index (χ2v) is 6.52. The van der Waals surface area contributed by atoms with Crippen molar-refractivity contribution in [1.82, 2.24) is 15.5 Å². The van der Waals surface area contributed by atoms with E-state index in [1.807, 2.05) is 20.8 Å². The fourth-order valence-electron chi connectivity index (χ4n) is 2.81. The summed E-state index contributed by atoms with van der Waals surface area (Å²) in [7, 11) is 0. The van der Waals surface area contributed by atoms with Crippen LogP contribution in [-0.2, 0) is 4.79 Å². The Labute approximate surface area is 117 Å². The highest BCUT2D eigenvalue weighted by atomic mass is 16.2. The maximum atomic E-state index is 12.1. The third-order valence-corrected chi connectivity index (χ3v) is 4.18. The lowest BCUT2D eigenvalue weighted by Gasteiger charge is -2.36. The minimum Gasteiger partial charge on any atom is -0.353 e. The molecule has 0 radical (unpaired) electrons. The molecule has 0 bridgehead atoms. The maximum absolute atomic E-state index is 12.1. The van der Waals surface area contributed by atoms with Crippen LogP contribution in [0.1, 0.15) is 46.5 Å². The number of piperidine rings is 1. The number of carbonyl (C=O) groups excluding carboxylic acids is 1. The van der Waals surface area contributed by atoms with Crippen LogP contribution in [0.3, 0.4) is 0 Å². The van der Waals surface area contributed by atoms with E-state index in [-0.39, 0.29) is 18.0 Å². The van der Waals surface area contributed by atoms with Crippen LogP contribution in [0.4, 0.5) is 0 Å². The van der Waals surface area contributed by atoms with Gasteiger partial charge < -0.3 is 10.6 Å². The van der Waals surface area contributed by atoms with Gasteiger partial charge >= 0.3 is 0 Å².